The second-order valence-corrected chi connectivity index (χ2v) is 9.08. The molecular formula is C25H26Cl2N2O6. The highest BCUT2D eigenvalue weighted by Crippen LogP contribution is 2.32. The van der Waals surface area contributed by atoms with Crippen LogP contribution in [-0.4, -0.2) is 44.0 Å². The van der Waals surface area contributed by atoms with Gasteiger partial charge in [-0.15, -0.1) is 0 Å². The molecule has 2 aromatic rings. The predicted molar refractivity (Wildman–Crippen MR) is 131 cm³/mol. The van der Waals surface area contributed by atoms with Crippen molar-refractivity contribution in [2.75, 3.05) is 19.5 Å². The number of amides is 2. The van der Waals surface area contributed by atoms with Crippen molar-refractivity contribution in [2.45, 2.75) is 31.7 Å². The van der Waals surface area contributed by atoms with Crippen LogP contribution in [0.4, 0.5) is 5.69 Å². The first kappa shape index (κ1) is 26.5. The summed E-state index contributed by atoms with van der Waals surface area (Å²) in [5.41, 5.74) is 1.43. The molecule has 1 aliphatic rings. The molecule has 3 atom stereocenters. The topological polar surface area (TPSA) is 111 Å². The summed E-state index contributed by atoms with van der Waals surface area (Å²) in [6.45, 7) is 0. The van der Waals surface area contributed by atoms with E-state index in [4.69, 9.17) is 32.7 Å². The van der Waals surface area contributed by atoms with Crippen LogP contribution in [0.15, 0.2) is 42.5 Å². The number of nitrogens with one attached hydrogen (secondary N) is 2. The molecule has 1 aliphatic carbocycles. The fourth-order valence-corrected chi connectivity index (χ4v) is 4.66. The Kier molecular flexibility index (Phi) is 9.12. The Morgan fingerprint density at radius 2 is 1.57 bits per heavy atom. The number of anilines is 1. The van der Waals surface area contributed by atoms with Crippen LogP contribution in [0.2, 0.25) is 10.0 Å². The standard InChI is InChI=1S/C25H26Cl2N2O6/c1-34-24(32)16-9-8-15(13-16)22(30)29-20(25(33)35-2)12-14-6-10-17(11-7-14)28-23(31)21-18(26)4-3-5-19(21)27/h3-7,10-11,15-16,20H,8-9,12-13H2,1-2H3,(H,28,31)(H,29,30)/t15-,16+,20+/m1/s1. The van der Waals surface area contributed by atoms with Gasteiger partial charge in [0.15, 0.2) is 0 Å². The van der Waals surface area contributed by atoms with E-state index in [1.165, 1.54) is 14.2 Å². The average molecular weight is 521 g/mol. The van der Waals surface area contributed by atoms with Crippen molar-refractivity contribution in [3.8, 4) is 0 Å². The Labute approximate surface area is 213 Å². The molecule has 8 nitrogen and oxygen atoms in total. The molecule has 35 heavy (non-hydrogen) atoms. The number of esters is 2. The number of hydrogen-bond donors (Lipinski definition) is 2. The van der Waals surface area contributed by atoms with E-state index in [0.29, 0.717) is 24.9 Å². The Hall–Kier alpha value is -3.10. The minimum absolute atomic E-state index is 0.176. The zero-order valence-electron chi connectivity index (χ0n) is 19.3. The molecule has 0 aromatic heterocycles. The maximum atomic E-state index is 12.7. The van der Waals surface area contributed by atoms with Crippen molar-refractivity contribution >= 4 is 52.6 Å². The van der Waals surface area contributed by atoms with Gasteiger partial charge in [0.25, 0.3) is 5.91 Å². The van der Waals surface area contributed by atoms with Crippen LogP contribution >= 0.6 is 23.2 Å². The monoisotopic (exact) mass is 520 g/mol. The molecule has 0 unspecified atom stereocenters. The van der Waals surface area contributed by atoms with Gasteiger partial charge in [-0.1, -0.05) is 41.4 Å². The molecule has 10 heteroatoms. The molecule has 2 amide bonds. The van der Waals surface area contributed by atoms with E-state index < -0.39 is 17.9 Å². The van der Waals surface area contributed by atoms with E-state index >= 15 is 0 Å². The first-order chi connectivity index (χ1) is 16.7. The molecule has 2 N–H and O–H groups in total. The van der Waals surface area contributed by atoms with Crippen LogP contribution in [0.3, 0.4) is 0 Å². The lowest BCUT2D eigenvalue weighted by atomic mass is 10.0. The summed E-state index contributed by atoms with van der Waals surface area (Å²) in [6.07, 6.45) is 1.69. The fourth-order valence-electron chi connectivity index (χ4n) is 4.09. The SMILES string of the molecule is COC(=O)[C@H]1CC[C@@H](C(=O)N[C@@H](Cc2ccc(NC(=O)c3c(Cl)cccc3Cl)cc2)C(=O)OC)C1. The molecule has 186 valence electrons. The fraction of sp³-hybridized carbons (Fsp3) is 0.360. The van der Waals surface area contributed by atoms with Crippen molar-refractivity contribution in [3.63, 3.8) is 0 Å². The maximum absolute atomic E-state index is 12.7. The Morgan fingerprint density at radius 1 is 0.943 bits per heavy atom. The van der Waals surface area contributed by atoms with Crippen LogP contribution in [0.1, 0.15) is 35.2 Å². The summed E-state index contributed by atoms with van der Waals surface area (Å²) >= 11 is 12.2. The number of carbonyl (C=O) groups is 4. The lowest BCUT2D eigenvalue weighted by Gasteiger charge is -2.19. The lowest BCUT2D eigenvalue weighted by molar-refractivity contribution is -0.146. The van der Waals surface area contributed by atoms with Gasteiger partial charge in [0.1, 0.15) is 6.04 Å². The molecule has 0 bridgehead atoms. The van der Waals surface area contributed by atoms with Gasteiger partial charge in [-0.3, -0.25) is 14.4 Å². The van der Waals surface area contributed by atoms with E-state index in [9.17, 15) is 19.2 Å². The van der Waals surface area contributed by atoms with Gasteiger partial charge in [0.2, 0.25) is 5.91 Å². The molecule has 0 saturated heterocycles. The van der Waals surface area contributed by atoms with Crippen LogP contribution in [-0.2, 0) is 30.3 Å². The molecule has 0 radical (unpaired) electrons. The quantitative estimate of drug-likeness (QED) is 0.508. The number of halogens is 2. The van der Waals surface area contributed by atoms with Gasteiger partial charge in [-0.05, 0) is 49.1 Å². The van der Waals surface area contributed by atoms with Gasteiger partial charge >= 0.3 is 11.9 Å². The second kappa shape index (κ2) is 12.0. The highest BCUT2D eigenvalue weighted by atomic mass is 35.5. The van der Waals surface area contributed by atoms with Crippen molar-refractivity contribution in [1.29, 1.82) is 0 Å². The third-order valence-electron chi connectivity index (χ3n) is 5.98. The van der Waals surface area contributed by atoms with Crippen LogP contribution in [0, 0.1) is 11.8 Å². The second-order valence-electron chi connectivity index (χ2n) is 8.27. The number of hydrogen-bond acceptors (Lipinski definition) is 6. The third kappa shape index (κ3) is 6.74. The molecule has 0 heterocycles. The van der Waals surface area contributed by atoms with E-state index in [-0.39, 0.29) is 45.7 Å². The van der Waals surface area contributed by atoms with E-state index in [1.54, 1.807) is 42.5 Å². The van der Waals surface area contributed by atoms with Crippen molar-refractivity contribution in [3.05, 3.63) is 63.6 Å². The van der Waals surface area contributed by atoms with Gasteiger partial charge in [0, 0.05) is 18.0 Å². The van der Waals surface area contributed by atoms with Gasteiger partial charge < -0.3 is 20.1 Å². The average Bonchev–Trinajstić information content (AvgIpc) is 3.34. The first-order valence-electron chi connectivity index (χ1n) is 11.0. The van der Waals surface area contributed by atoms with Crippen molar-refractivity contribution in [1.82, 2.24) is 5.32 Å². The summed E-state index contributed by atoms with van der Waals surface area (Å²) < 4.78 is 9.63. The zero-order valence-corrected chi connectivity index (χ0v) is 20.8. The predicted octanol–water partition coefficient (Wildman–Crippen LogP) is 4.04. The largest absolute Gasteiger partial charge is 0.469 e. The van der Waals surface area contributed by atoms with Crippen molar-refractivity contribution < 1.29 is 28.7 Å². The number of rotatable bonds is 8. The maximum Gasteiger partial charge on any atom is 0.328 e. The highest BCUT2D eigenvalue weighted by molar-refractivity contribution is 6.40. The summed E-state index contributed by atoms with van der Waals surface area (Å²) in [5, 5.41) is 5.97. The number of ether oxygens (including phenoxy) is 2. The number of methoxy groups -OCH3 is 2. The molecule has 0 spiro atoms. The first-order valence-corrected chi connectivity index (χ1v) is 11.8. The van der Waals surface area contributed by atoms with Gasteiger partial charge in [0.05, 0.1) is 35.7 Å². The molecule has 1 saturated carbocycles. The third-order valence-corrected chi connectivity index (χ3v) is 6.61. The lowest BCUT2D eigenvalue weighted by Crippen LogP contribution is -2.45. The molecule has 0 aliphatic heterocycles. The number of benzene rings is 2. The van der Waals surface area contributed by atoms with E-state index in [2.05, 4.69) is 10.6 Å². The van der Waals surface area contributed by atoms with Gasteiger partial charge in [-0.2, -0.15) is 0 Å². The summed E-state index contributed by atoms with van der Waals surface area (Å²) in [7, 11) is 2.58. The van der Waals surface area contributed by atoms with E-state index in [1.807, 2.05) is 0 Å². The van der Waals surface area contributed by atoms with Crippen LogP contribution in [0.25, 0.3) is 0 Å². The minimum Gasteiger partial charge on any atom is -0.469 e. The summed E-state index contributed by atoms with van der Waals surface area (Å²) in [4.78, 5) is 49.4. The summed E-state index contributed by atoms with van der Waals surface area (Å²) in [5.74, 6) is -2.33. The Balaban J connectivity index is 1.63. The van der Waals surface area contributed by atoms with Crippen LogP contribution < -0.4 is 10.6 Å². The number of carbonyl (C=O) groups excluding carboxylic acids is 4. The van der Waals surface area contributed by atoms with Gasteiger partial charge in [-0.25, -0.2) is 4.79 Å². The molecular weight excluding hydrogens is 495 g/mol. The van der Waals surface area contributed by atoms with E-state index in [0.717, 1.165) is 5.56 Å². The van der Waals surface area contributed by atoms with Crippen LogP contribution in [0.5, 0.6) is 0 Å². The zero-order chi connectivity index (χ0) is 25.5. The Morgan fingerprint density at radius 3 is 2.17 bits per heavy atom. The minimum atomic E-state index is -0.896. The Bertz CT molecular complexity index is 1090. The molecule has 1 fully saturated rings. The summed E-state index contributed by atoms with van der Waals surface area (Å²) in [6, 6.07) is 10.7. The highest BCUT2D eigenvalue weighted by Gasteiger charge is 2.36. The molecule has 3 rings (SSSR count). The normalized spacial score (nSPS) is 17.8. The van der Waals surface area contributed by atoms with Crippen molar-refractivity contribution in [2.24, 2.45) is 11.8 Å². The smallest absolute Gasteiger partial charge is 0.328 e. The molecule has 2 aromatic carbocycles.